The van der Waals surface area contributed by atoms with Crippen LogP contribution in [0.2, 0.25) is 5.02 Å². The molecule has 2 aromatic carbocycles. The van der Waals surface area contributed by atoms with E-state index in [1.54, 1.807) is 48.5 Å². The summed E-state index contributed by atoms with van der Waals surface area (Å²) >= 11 is 5.99. The maximum atomic E-state index is 15.2. The lowest BCUT2D eigenvalue weighted by atomic mass is 10.0. The zero-order chi connectivity index (χ0) is 35.4. The van der Waals surface area contributed by atoms with Crippen molar-refractivity contribution in [3.63, 3.8) is 0 Å². The number of ether oxygens (including phenoxy) is 1. The van der Waals surface area contributed by atoms with Gasteiger partial charge >= 0.3 is 0 Å². The second kappa shape index (κ2) is 14.5. The van der Waals surface area contributed by atoms with Crippen LogP contribution in [0, 0.1) is 5.95 Å². The molecule has 4 heterocycles. The lowest BCUT2D eigenvalue weighted by Gasteiger charge is -2.25. The highest BCUT2D eigenvalue weighted by Gasteiger charge is 2.51. The minimum atomic E-state index is -1.27. The molecular weight excluding hydrogens is 669 g/mol. The Kier molecular flexibility index (Phi) is 10.00. The molecule has 0 saturated heterocycles. The summed E-state index contributed by atoms with van der Waals surface area (Å²) in [5.41, 5.74) is -0.122. The second-order valence-electron chi connectivity index (χ2n) is 12.4. The van der Waals surface area contributed by atoms with Gasteiger partial charge in [0.1, 0.15) is 41.7 Å². The Morgan fingerprint density at radius 3 is 2.46 bits per heavy atom. The Hall–Kier alpha value is -5.50. The number of nitrogens with one attached hydrogen (secondary N) is 5. The molecule has 5 amide bonds. The Morgan fingerprint density at radius 1 is 1.00 bits per heavy atom. The molecule has 13 nitrogen and oxygen atoms in total. The molecule has 5 N–H and O–H groups in total. The zero-order valence-electron chi connectivity index (χ0n) is 27.0. The van der Waals surface area contributed by atoms with Gasteiger partial charge in [-0.15, -0.1) is 0 Å². The predicted octanol–water partition coefficient (Wildman–Crippen LogP) is 1.86. The number of carbonyl (C=O) groups excluding carboxylic acids is 5. The van der Waals surface area contributed by atoms with E-state index < -0.39 is 58.9 Å². The van der Waals surface area contributed by atoms with Crippen LogP contribution in [0.15, 0.2) is 72.9 Å². The van der Waals surface area contributed by atoms with E-state index in [9.17, 15) is 24.0 Å². The number of nitrogens with zero attached hydrogens (tertiary/aromatic N) is 2. The van der Waals surface area contributed by atoms with Crippen molar-refractivity contribution in [2.75, 3.05) is 13.2 Å². The fourth-order valence-electron chi connectivity index (χ4n) is 5.62. The smallest absolute Gasteiger partial charge is 0.275 e. The number of benzene rings is 2. The van der Waals surface area contributed by atoms with Gasteiger partial charge in [0.25, 0.3) is 5.91 Å². The first-order valence-electron chi connectivity index (χ1n) is 16.1. The molecule has 2 bridgehead atoms. The Bertz CT molecular complexity index is 1930. The Balaban J connectivity index is 1.26. The van der Waals surface area contributed by atoms with E-state index in [4.69, 9.17) is 16.3 Å². The third kappa shape index (κ3) is 7.86. The molecular formula is C35H35ClFN7O6. The number of imidazole rings is 1. The van der Waals surface area contributed by atoms with Crippen LogP contribution in [0.4, 0.5) is 4.39 Å². The number of hydrogen-bond donors (Lipinski definition) is 5. The normalized spacial score (nSPS) is 21.4. The molecule has 1 fully saturated rings. The van der Waals surface area contributed by atoms with Crippen molar-refractivity contribution in [3.8, 4) is 5.75 Å². The molecule has 0 radical (unpaired) electrons. The minimum Gasteiger partial charge on any atom is -0.492 e. The van der Waals surface area contributed by atoms with Gasteiger partial charge in [-0.05, 0) is 55.2 Å². The van der Waals surface area contributed by atoms with Gasteiger partial charge in [-0.1, -0.05) is 54.1 Å². The molecule has 3 aliphatic rings. The fraction of sp³-hybridized carbons (Fsp3) is 0.314. The van der Waals surface area contributed by atoms with Crippen molar-refractivity contribution in [2.45, 2.75) is 56.3 Å². The molecule has 1 aliphatic carbocycles. The maximum absolute atomic E-state index is 15.2. The van der Waals surface area contributed by atoms with Crippen LogP contribution in [-0.2, 0) is 32.0 Å². The third-order valence-corrected chi connectivity index (χ3v) is 8.82. The van der Waals surface area contributed by atoms with Gasteiger partial charge in [0.2, 0.25) is 29.6 Å². The van der Waals surface area contributed by atoms with Gasteiger partial charge in [-0.25, -0.2) is 4.98 Å². The van der Waals surface area contributed by atoms with E-state index in [1.165, 1.54) is 25.3 Å². The molecule has 15 heteroatoms. The van der Waals surface area contributed by atoms with Gasteiger partial charge < -0.3 is 31.3 Å². The number of rotatable bonds is 4. The number of aromatic nitrogens is 2. The summed E-state index contributed by atoms with van der Waals surface area (Å²) in [6.45, 7) is 1.76. The minimum absolute atomic E-state index is 0.0375. The summed E-state index contributed by atoms with van der Waals surface area (Å²) in [5.74, 6) is -3.73. The van der Waals surface area contributed by atoms with Crippen molar-refractivity contribution in [1.29, 1.82) is 0 Å². The number of halogens is 2. The topological polar surface area (TPSA) is 172 Å². The molecule has 260 valence electrons. The van der Waals surface area contributed by atoms with Crippen LogP contribution < -0.4 is 31.3 Å². The average Bonchev–Trinajstić information content (AvgIpc) is 3.82. The van der Waals surface area contributed by atoms with Crippen LogP contribution in [0.25, 0.3) is 5.65 Å². The van der Waals surface area contributed by atoms with Crippen molar-refractivity contribution in [3.05, 3.63) is 101 Å². The summed E-state index contributed by atoms with van der Waals surface area (Å²) in [7, 11) is 0. The SMILES string of the molecule is C[C@@H]1NC(=O)[C@@H](NC(=O)c2nc3ccc(Cl)cn3c2F)Cc2ccc(cc2)OCCNC(=O)C2(CC2)NC(=O)[C@@H](Cc2ccccc2)NC1=O. The van der Waals surface area contributed by atoms with Crippen molar-refractivity contribution in [1.82, 2.24) is 36.0 Å². The van der Waals surface area contributed by atoms with Gasteiger partial charge in [-0.3, -0.25) is 28.4 Å². The van der Waals surface area contributed by atoms with Crippen LogP contribution in [0.3, 0.4) is 0 Å². The number of hydrogen-bond acceptors (Lipinski definition) is 7. The van der Waals surface area contributed by atoms with E-state index in [0.29, 0.717) is 24.2 Å². The van der Waals surface area contributed by atoms with Gasteiger partial charge in [0.05, 0.1) is 11.6 Å². The summed E-state index contributed by atoms with van der Waals surface area (Å²) in [4.78, 5) is 71.2. The van der Waals surface area contributed by atoms with E-state index in [0.717, 1.165) is 9.96 Å². The highest BCUT2D eigenvalue weighted by Crippen LogP contribution is 2.35. The molecule has 2 aromatic heterocycles. The second-order valence-corrected chi connectivity index (χ2v) is 12.8. The summed E-state index contributed by atoms with van der Waals surface area (Å²) < 4.78 is 22.0. The maximum Gasteiger partial charge on any atom is 0.275 e. The standard InChI is InChI=1S/C35H35ClFN7O6/c1-20-30(45)40-26(17-21-5-3-2-4-6-21)32(47)43-35(13-14-35)34(49)38-15-16-50-24-10-7-22(8-11-24)18-25(31(46)39-20)41-33(48)28-29(37)44-19-23(36)9-12-27(44)42-28/h2-12,19-20,25-26H,13-18H2,1H3,(H,38,49)(H,39,46)(H,40,45)(H,41,48)(H,43,47)/t20-,25-,26+/m0/s1. The van der Waals surface area contributed by atoms with Crippen LogP contribution in [0.1, 0.15) is 41.4 Å². The van der Waals surface area contributed by atoms with E-state index >= 15 is 4.39 Å². The van der Waals surface area contributed by atoms with Gasteiger partial charge in [0.15, 0.2) is 5.69 Å². The fourth-order valence-corrected chi connectivity index (χ4v) is 5.78. The quantitative estimate of drug-likeness (QED) is 0.202. The Morgan fingerprint density at radius 2 is 1.74 bits per heavy atom. The first kappa shape index (κ1) is 34.4. The lowest BCUT2D eigenvalue weighted by molar-refractivity contribution is -0.134. The van der Waals surface area contributed by atoms with Crippen LogP contribution in [0.5, 0.6) is 5.75 Å². The van der Waals surface area contributed by atoms with Crippen LogP contribution >= 0.6 is 11.6 Å². The number of pyridine rings is 1. The summed E-state index contributed by atoms with van der Waals surface area (Å²) in [6, 6.07) is 15.2. The molecule has 1 saturated carbocycles. The van der Waals surface area contributed by atoms with E-state index in [2.05, 4.69) is 31.6 Å². The first-order valence-corrected chi connectivity index (χ1v) is 16.5. The Labute approximate surface area is 291 Å². The van der Waals surface area contributed by atoms with Gasteiger partial charge in [-0.2, -0.15) is 4.39 Å². The molecule has 2 aliphatic heterocycles. The predicted molar refractivity (Wildman–Crippen MR) is 180 cm³/mol. The molecule has 50 heavy (non-hydrogen) atoms. The summed E-state index contributed by atoms with van der Waals surface area (Å²) in [5, 5.41) is 13.8. The number of fused-ring (bicyclic) bond motifs is 16. The first-order chi connectivity index (χ1) is 24.0. The van der Waals surface area contributed by atoms with Crippen molar-refractivity contribution in [2.24, 2.45) is 0 Å². The molecule has 1 spiro atoms. The highest BCUT2D eigenvalue weighted by atomic mass is 35.5. The largest absolute Gasteiger partial charge is 0.492 e. The zero-order valence-corrected chi connectivity index (χ0v) is 27.8. The van der Waals surface area contributed by atoms with E-state index in [-0.39, 0.29) is 42.6 Å². The molecule has 7 rings (SSSR count). The monoisotopic (exact) mass is 703 g/mol. The van der Waals surface area contributed by atoms with Crippen molar-refractivity contribution < 1.29 is 33.1 Å². The highest BCUT2D eigenvalue weighted by molar-refractivity contribution is 6.30. The molecule has 3 atom stereocenters. The third-order valence-electron chi connectivity index (χ3n) is 8.60. The van der Waals surface area contributed by atoms with Crippen LogP contribution in [-0.4, -0.2) is 75.7 Å². The lowest BCUT2D eigenvalue weighted by Crippen LogP contribution is -2.59. The van der Waals surface area contributed by atoms with Gasteiger partial charge in [0, 0.05) is 19.0 Å². The number of carbonyl (C=O) groups is 5. The number of amides is 5. The molecule has 0 unspecified atom stereocenters. The van der Waals surface area contributed by atoms with Crippen molar-refractivity contribution >= 4 is 46.8 Å². The average molecular weight is 704 g/mol. The summed E-state index contributed by atoms with van der Waals surface area (Å²) in [6.07, 6.45) is 2.23. The van der Waals surface area contributed by atoms with E-state index in [1.807, 2.05) is 6.07 Å². The molecule has 4 aromatic rings.